The number of imidazole rings is 1. The van der Waals surface area contributed by atoms with Crippen LogP contribution in [0.1, 0.15) is 23.1 Å². The lowest BCUT2D eigenvalue weighted by molar-refractivity contribution is -0.0213. The Morgan fingerprint density at radius 3 is 2.62 bits per heavy atom. The minimum atomic E-state index is -1.47. The highest BCUT2D eigenvalue weighted by Gasteiger charge is 2.75. The number of oxazole rings is 1. The fourth-order valence-corrected chi connectivity index (χ4v) is 6.34. The van der Waals surface area contributed by atoms with Crippen LogP contribution < -0.4 is 10.2 Å². The van der Waals surface area contributed by atoms with Gasteiger partial charge < -0.3 is 18.8 Å². The number of furan rings is 1. The molecule has 0 aliphatic carbocycles. The maximum absolute atomic E-state index is 7.10. The van der Waals surface area contributed by atoms with Crippen LogP contribution in [0, 0.1) is 0 Å². The molecule has 0 spiro atoms. The van der Waals surface area contributed by atoms with Crippen molar-refractivity contribution in [2.45, 2.75) is 11.1 Å². The van der Waals surface area contributed by atoms with Crippen LogP contribution in [0.2, 0.25) is 0 Å². The summed E-state index contributed by atoms with van der Waals surface area (Å²) in [4.78, 5) is 28.2. The molecule has 2 unspecified atom stereocenters. The van der Waals surface area contributed by atoms with Crippen LogP contribution in [0.15, 0.2) is 99.5 Å². The molecule has 1 saturated heterocycles. The summed E-state index contributed by atoms with van der Waals surface area (Å²) in [7, 11) is 0. The molecule has 7 aromatic rings. The Kier molecular flexibility index (Phi) is 5.03. The second kappa shape index (κ2) is 8.77. The Hall–Kier alpha value is -4.99. The predicted molar refractivity (Wildman–Crippen MR) is 144 cm³/mol. The van der Waals surface area contributed by atoms with Crippen molar-refractivity contribution in [3.8, 4) is 11.5 Å². The lowest BCUT2D eigenvalue weighted by atomic mass is 9.73. The molecule has 1 fully saturated rings. The maximum Gasteiger partial charge on any atom is 0.241 e. The van der Waals surface area contributed by atoms with E-state index in [1.165, 1.54) is 22.9 Å². The van der Waals surface area contributed by atoms with E-state index < -0.39 is 11.1 Å². The van der Waals surface area contributed by atoms with Crippen molar-refractivity contribution < 1.29 is 13.7 Å². The van der Waals surface area contributed by atoms with Gasteiger partial charge >= 0.3 is 0 Å². The Balaban J connectivity index is 1.53. The molecule has 0 saturated carbocycles. The number of hydrogen-bond donors (Lipinski definition) is 3. The van der Waals surface area contributed by atoms with Gasteiger partial charge in [0.2, 0.25) is 22.2 Å². The summed E-state index contributed by atoms with van der Waals surface area (Å²) in [6.45, 7) is 0. The second-order valence-electron chi connectivity index (χ2n) is 8.75. The molecule has 2 atom stereocenters. The zero-order chi connectivity index (χ0) is 26.6. The third-order valence-corrected chi connectivity index (χ3v) is 8.02. The first-order valence-electron chi connectivity index (χ1n) is 12.0. The summed E-state index contributed by atoms with van der Waals surface area (Å²) in [5, 5.41) is 15.1. The molecule has 0 radical (unpaired) electrons. The summed E-state index contributed by atoms with van der Waals surface area (Å²) >= 11 is 2.71. The van der Waals surface area contributed by atoms with Gasteiger partial charge in [0.05, 0.1) is 23.8 Å². The maximum atomic E-state index is 7.10. The zero-order valence-electron chi connectivity index (χ0n) is 20.3. The quantitative estimate of drug-likeness (QED) is 0.246. The van der Waals surface area contributed by atoms with Crippen molar-refractivity contribution in [1.82, 2.24) is 39.5 Å². The lowest BCUT2D eigenvalue weighted by Gasteiger charge is -2.40. The van der Waals surface area contributed by atoms with Crippen LogP contribution in [-0.4, -0.2) is 39.5 Å². The number of hydrogen-bond acceptors (Lipinski definition) is 12. The Morgan fingerprint density at radius 2 is 1.93 bits per heavy atom. The van der Waals surface area contributed by atoms with E-state index in [1.54, 1.807) is 48.6 Å². The monoisotopic (exact) mass is 570 g/mol. The summed E-state index contributed by atoms with van der Waals surface area (Å²) in [5.74, 6) is 1.84. The number of thiazole rings is 1. The first-order valence-corrected chi connectivity index (χ1v) is 13.8. The average molecular weight is 571 g/mol. The van der Waals surface area contributed by atoms with Gasteiger partial charge in [-0.2, -0.15) is 9.47 Å². The lowest BCUT2D eigenvalue weighted by Crippen LogP contribution is -2.58. The van der Waals surface area contributed by atoms with E-state index in [0.717, 1.165) is 0 Å². The highest BCUT2D eigenvalue weighted by atomic mass is 32.1. The van der Waals surface area contributed by atoms with Gasteiger partial charge in [-0.3, -0.25) is 5.10 Å². The summed E-state index contributed by atoms with van der Waals surface area (Å²) in [6, 6.07) is 11.2. The normalized spacial score (nSPS) is 21.0. The third-order valence-electron chi connectivity index (χ3n) is 6.73. The average Bonchev–Trinajstić information content (AvgIpc) is 3.85. The zero-order valence-corrected chi connectivity index (χ0v) is 22.0. The Morgan fingerprint density at radius 1 is 0.925 bits per heavy atom. The van der Waals surface area contributed by atoms with E-state index in [0.29, 0.717) is 39.6 Å². The van der Waals surface area contributed by atoms with E-state index in [2.05, 4.69) is 25.1 Å². The van der Waals surface area contributed by atoms with Crippen molar-refractivity contribution in [2.24, 2.45) is 0 Å². The third kappa shape index (κ3) is 3.01. The van der Waals surface area contributed by atoms with E-state index >= 15 is 0 Å². The number of aromatic nitrogens is 8. The molecule has 8 heterocycles. The fourth-order valence-electron chi connectivity index (χ4n) is 5.21. The number of nitrogens with one attached hydrogen (secondary N) is 3. The Labute approximate surface area is 233 Å². The molecule has 0 amide bonds. The first-order chi connectivity index (χ1) is 19.8. The van der Waals surface area contributed by atoms with Crippen molar-refractivity contribution in [1.29, 1.82) is 0 Å². The summed E-state index contributed by atoms with van der Waals surface area (Å²) < 4.78 is 16.8. The molecule has 0 aromatic carbocycles. The van der Waals surface area contributed by atoms with E-state index in [-0.39, 0.29) is 5.89 Å². The molecule has 13 nitrogen and oxygen atoms in total. The van der Waals surface area contributed by atoms with E-state index in [9.17, 15) is 0 Å². The van der Waals surface area contributed by atoms with Crippen molar-refractivity contribution in [2.75, 3.05) is 10.2 Å². The summed E-state index contributed by atoms with van der Waals surface area (Å²) in [6.07, 6.45) is 11.7. The Bertz CT molecular complexity index is 1760. The smallest absolute Gasteiger partial charge is 0.241 e. The van der Waals surface area contributed by atoms with E-state index in [4.69, 9.17) is 28.0 Å². The van der Waals surface area contributed by atoms with Gasteiger partial charge in [0.1, 0.15) is 23.6 Å². The van der Waals surface area contributed by atoms with Crippen molar-refractivity contribution >= 4 is 33.8 Å². The van der Waals surface area contributed by atoms with Gasteiger partial charge in [-0.25, -0.2) is 24.8 Å². The molecule has 15 heteroatoms. The second-order valence-corrected chi connectivity index (χ2v) is 10.3. The molecule has 40 heavy (non-hydrogen) atoms. The molecular formula is C25H18N10O3S2. The number of hydrazine groups is 1. The van der Waals surface area contributed by atoms with Gasteiger partial charge in [-0.05, 0) is 41.9 Å². The topological polar surface area (TPSA) is 154 Å². The van der Waals surface area contributed by atoms with Crippen LogP contribution in [-0.2, 0) is 16.0 Å². The number of nitrogens with zero attached hydrogens (tertiary/aromatic N) is 7. The SMILES string of the molecule is c1c[nH]c(C2(c3ccsn3)ON(c3nccs3)N(c3ccn[nH]3)C2(c2ncc[nH]2)c2nc(-c3ccco3)co2)c1. The molecule has 0 bridgehead atoms. The van der Waals surface area contributed by atoms with Gasteiger partial charge in [-0.15, -0.1) is 16.5 Å². The summed E-state index contributed by atoms with van der Waals surface area (Å²) in [5.41, 5.74) is -1.13. The fraction of sp³-hybridized carbons (Fsp3) is 0.0800. The molecule has 198 valence electrons. The number of H-pyrrole nitrogens is 3. The van der Waals surface area contributed by atoms with Gasteiger partial charge in [0.15, 0.2) is 5.76 Å². The van der Waals surface area contributed by atoms with E-state index in [1.807, 2.05) is 52.3 Å². The minimum absolute atomic E-state index is 0.255. The first kappa shape index (κ1) is 22.9. The molecule has 7 aromatic heterocycles. The largest absolute Gasteiger partial charge is 0.463 e. The van der Waals surface area contributed by atoms with Crippen LogP contribution in [0.4, 0.5) is 10.9 Å². The van der Waals surface area contributed by atoms with Crippen LogP contribution in [0.5, 0.6) is 0 Å². The minimum Gasteiger partial charge on any atom is -0.463 e. The molecular weight excluding hydrogens is 552 g/mol. The van der Waals surface area contributed by atoms with Crippen molar-refractivity contribution in [3.63, 3.8) is 0 Å². The number of rotatable bonds is 7. The number of anilines is 2. The van der Waals surface area contributed by atoms with Crippen LogP contribution in [0.25, 0.3) is 11.5 Å². The molecule has 8 rings (SSSR count). The van der Waals surface area contributed by atoms with Gasteiger partial charge in [0.25, 0.3) is 0 Å². The standard InChI is InChI=1S/C25H18N10O3S2/c1-4-18(26-7-1)25(19-6-13-40-33-19)24(21-27-9-10-28-21,22-31-16(15-37-22)17-3-2-12-36-17)34(20-5-8-30-32-20)35(38-25)23-29-11-14-39-23/h1-15,26H,(H,27,28)(H,30,32). The molecule has 1 aliphatic rings. The van der Waals surface area contributed by atoms with Crippen LogP contribution >= 0.6 is 22.9 Å². The highest BCUT2D eigenvalue weighted by molar-refractivity contribution is 7.13. The molecule has 1 aliphatic heterocycles. The predicted octanol–water partition coefficient (Wildman–Crippen LogP) is 4.68. The van der Waals surface area contributed by atoms with Gasteiger partial charge in [0, 0.05) is 41.6 Å². The molecule has 3 N–H and O–H groups in total. The van der Waals surface area contributed by atoms with Crippen molar-refractivity contribution in [3.05, 3.63) is 114 Å². The van der Waals surface area contributed by atoms with Gasteiger partial charge in [-0.1, -0.05) is 0 Å². The number of aromatic amines is 3. The van der Waals surface area contributed by atoms with Crippen LogP contribution in [0.3, 0.4) is 0 Å². The highest BCUT2D eigenvalue weighted by Crippen LogP contribution is 2.60.